The molecule has 1 unspecified atom stereocenters. The molecule has 13 heavy (non-hydrogen) atoms. The van der Waals surface area contributed by atoms with Gasteiger partial charge in [0.15, 0.2) is 0 Å². The molecule has 0 bridgehead atoms. The summed E-state index contributed by atoms with van der Waals surface area (Å²) in [4.78, 5) is 2.32. The zero-order valence-electron chi connectivity index (χ0n) is 9.45. The Morgan fingerprint density at radius 3 is 2.31 bits per heavy atom. The molecule has 0 aromatic carbocycles. The van der Waals surface area contributed by atoms with E-state index >= 15 is 0 Å². The Kier molecular flexibility index (Phi) is 4.16. The van der Waals surface area contributed by atoms with Crippen LogP contribution in [0.3, 0.4) is 0 Å². The van der Waals surface area contributed by atoms with E-state index < -0.39 is 0 Å². The van der Waals surface area contributed by atoms with Crippen LogP contribution in [0.15, 0.2) is 0 Å². The van der Waals surface area contributed by atoms with Crippen LogP contribution in [0.2, 0.25) is 0 Å². The fourth-order valence-electron chi connectivity index (χ4n) is 2.18. The van der Waals surface area contributed by atoms with Crippen molar-refractivity contribution in [2.45, 2.75) is 32.9 Å². The highest BCUT2D eigenvalue weighted by molar-refractivity contribution is 4.75. The molecule has 0 N–H and O–H groups in total. The van der Waals surface area contributed by atoms with Crippen LogP contribution in [-0.2, 0) is 0 Å². The molecule has 1 heterocycles. The van der Waals surface area contributed by atoms with Crippen LogP contribution >= 0.6 is 0 Å². The number of nitrogens with zero attached hydrogens (tertiary/aromatic N) is 3. The van der Waals surface area contributed by atoms with E-state index in [1.54, 1.807) is 0 Å². The van der Waals surface area contributed by atoms with Crippen LogP contribution in [0.25, 0.3) is 0 Å². The lowest BCUT2D eigenvalue weighted by atomic mass is 10.3. The van der Waals surface area contributed by atoms with Gasteiger partial charge >= 0.3 is 0 Å². The highest BCUT2D eigenvalue weighted by Gasteiger charge is 2.29. The van der Waals surface area contributed by atoms with Gasteiger partial charge in [-0.2, -0.15) is 0 Å². The number of hydrogen-bond donors (Lipinski definition) is 0. The molecule has 78 valence electrons. The van der Waals surface area contributed by atoms with E-state index in [-0.39, 0.29) is 0 Å². The first-order valence-electron chi connectivity index (χ1n) is 5.38. The van der Waals surface area contributed by atoms with E-state index in [0.717, 1.165) is 13.1 Å². The topological polar surface area (TPSA) is 9.72 Å². The minimum atomic E-state index is 0.625. The van der Waals surface area contributed by atoms with Crippen LogP contribution < -0.4 is 0 Å². The molecule has 1 rings (SSSR count). The zero-order valence-corrected chi connectivity index (χ0v) is 9.45. The van der Waals surface area contributed by atoms with E-state index in [9.17, 15) is 0 Å². The molecule has 0 spiro atoms. The molecule has 1 fully saturated rings. The van der Waals surface area contributed by atoms with Crippen molar-refractivity contribution in [2.75, 3.05) is 33.7 Å². The zero-order chi connectivity index (χ0) is 9.84. The molecule has 3 nitrogen and oxygen atoms in total. The maximum Gasteiger partial charge on any atom is 0.0755 e. The molecule has 0 amide bonds. The van der Waals surface area contributed by atoms with Gasteiger partial charge in [-0.05, 0) is 26.9 Å². The second-order valence-corrected chi connectivity index (χ2v) is 3.89. The quantitative estimate of drug-likeness (QED) is 0.652. The van der Waals surface area contributed by atoms with Gasteiger partial charge in [0, 0.05) is 19.6 Å². The highest BCUT2D eigenvalue weighted by atomic mass is 15.7. The third-order valence-electron chi connectivity index (χ3n) is 2.88. The summed E-state index contributed by atoms with van der Waals surface area (Å²) in [6.45, 7) is 7.94. The molecule has 1 aliphatic heterocycles. The van der Waals surface area contributed by atoms with Crippen molar-refractivity contribution in [2.24, 2.45) is 0 Å². The Labute approximate surface area is 82.3 Å². The van der Waals surface area contributed by atoms with Crippen molar-refractivity contribution in [1.29, 1.82) is 0 Å². The van der Waals surface area contributed by atoms with E-state index in [4.69, 9.17) is 0 Å². The lowest BCUT2D eigenvalue weighted by Gasteiger charge is -2.37. The maximum atomic E-state index is 2.51. The summed E-state index contributed by atoms with van der Waals surface area (Å²) >= 11 is 0. The number of rotatable bonds is 4. The molecule has 0 radical (unpaired) electrons. The third-order valence-corrected chi connectivity index (χ3v) is 2.88. The Bertz CT molecular complexity index is 143. The van der Waals surface area contributed by atoms with Crippen molar-refractivity contribution in [1.82, 2.24) is 14.9 Å². The van der Waals surface area contributed by atoms with Crippen LogP contribution in [-0.4, -0.2) is 54.8 Å². The summed E-state index contributed by atoms with van der Waals surface area (Å²) in [6.07, 6.45) is 3.27. The monoisotopic (exact) mass is 185 g/mol. The summed E-state index contributed by atoms with van der Waals surface area (Å²) in [7, 11) is 4.35. The maximum absolute atomic E-state index is 2.51. The van der Waals surface area contributed by atoms with Crippen LogP contribution in [0.5, 0.6) is 0 Å². The summed E-state index contributed by atoms with van der Waals surface area (Å²) < 4.78 is 0. The molecular formula is C10H23N3. The van der Waals surface area contributed by atoms with E-state index in [1.807, 2.05) is 0 Å². The van der Waals surface area contributed by atoms with Crippen molar-refractivity contribution in [3.8, 4) is 0 Å². The molecule has 3 heteroatoms. The third kappa shape index (κ3) is 2.42. The van der Waals surface area contributed by atoms with E-state index in [0.29, 0.717) is 6.17 Å². The molecule has 0 aromatic heterocycles. The lowest BCUT2D eigenvalue weighted by Crippen LogP contribution is -2.50. The normalized spacial score (nSPS) is 24.9. The van der Waals surface area contributed by atoms with Gasteiger partial charge in [-0.3, -0.25) is 4.90 Å². The molecule has 1 aliphatic rings. The molecular weight excluding hydrogens is 162 g/mol. The fraction of sp³-hybridized carbons (Fsp3) is 1.00. The predicted octanol–water partition coefficient (Wildman–Crippen LogP) is 1.23. The van der Waals surface area contributed by atoms with Gasteiger partial charge in [0.05, 0.1) is 6.17 Å². The van der Waals surface area contributed by atoms with Gasteiger partial charge in [-0.15, -0.1) is 0 Å². The van der Waals surface area contributed by atoms with Gasteiger partial charge in [-0.25, -0.2) is 10.0 Å². The first kappa shape index (κ1) is 11.0. The van der Waals surface area contributed by atoms with Crippen molar-refractivity contribution in [3.05, 3.63) is 0 Å². The van der Waals surface area contributed by atoms with Gasteiger partial charge in [0.25, 0.3) is 0 Å². The lowest BCUT2D eigenvalue weighted by molar-refractivity contribution is -0.0704. The van der Waals surface area contributed by atoms with Crippen LogP contribution in [0, 0.1) is 0 Å². The fourth-order valence-corrected chi connectivity index (χ4v) is 2.18. The minimum absolute atomic E-state index is 0.625. The summed E-state index contributed by atoms with van der Waals surface area (Å²) in [5.41, 5.74) is 0. The van der Waals surface area contributed by atoms with E-state index in [1.165, 1.54) is 19.4 Å². The average Bonchev–Trinajstić information content (AvgIpc) is 2.55. The minimum Gasteiger partial charge on any atom is -0.293 e. The Balaban J connectivity index is 2.55. The first-order valence-corrected chi connectivity index (χ1v) is 5.38. The molecule has 1 atom stereocenters. The standard InChI is InChI=1S/C10H23N3/c1-5-12(6-2)13-9-7-8-10(13)11(3)4/h10H,5-9H2,1-4H3. The molecule has 0 aliphatic carbocycles. The Morgan fingerprint density at radius 1 is 1.23 bits per heavy atom. The Morgan fingerprint density at radius 2 is 1.85 bits per heavy atom. The number of hydrogen-bond acceptors (Lipinski definition) is 3. The van der Waals surface area contributed by atoms with Crippen molar-refractivity contribution in [3.63, 3.8) is 0 Å². The SMILES string of the molecule is CCN(CC)N1CCCC1N(C)C. The summed E-state index contributed by atoms with van der Waals surface area (Å²) in [5.74, 6) is 0. The van der Waals surface area contributed by atoms with Gasteiger partial charge in [0.1, 0.15) is 0 Å². The highest BCUT2D eigenvalue weighted by Crippen LogP contribution is 2.20. The smallest absolute Gasteiger partial charge is 0.0755 e. The second-order valence-electron chi connectivity index (χ2n) is 3.89. The predicted molar refractivity (Wildman–Crippen MR) is 56.3 cm³/mol. The first-order chi connectivity index (χ1) is 6.20. The largest absolute Gasteiger partial charge is 0.293 e. The molecule has 0 saturated carbocycles. The van der Waals surface area contributed by atoms with Crippen molar-refractivity contribution >= 4 is 0 Å². The molecule has 0 aromatic rings. The Hall–Kier alpha value is -0.120. The molecule has 1 saturated heterocycles. The van der Waals surface area contributed by atoms with Crippen LogP contribution in [0.1, 0.15) is 26.7 Å². The average molecular weight is 185 g/mol. The van der Waals surface area contributed by atoms with Gasteiger partial charge in [-0.1, -0.05) is 13.8 Å². The number of hydrazine groups is 1. The van der Waals surface area contributed by atoms with Crippen LogP contribution in [0.4, 0.5) is 0 Å². The van der Waals surface area contributed by atoms with Gasteiger partial charge < -0.3 is 0 Å². The second kappa shape index (κ2) is 4.94. The van der Waals surface area contributed by atoms with E-state index in [2.05, 4.69) is 42.9 Å². The van der Waals surface area contributed by atoms with Crippen molar-refractivity contribution < 1.29 is 0 Å². The summed E-state index contributed by atoms with van der Waals surface area (Å²) in [6, 6.07) is 0. The van der Waals surface area contributed by atoms with Gasteiger partial charge in [0.2, 0.25) is 0 Å². The summed E-state index contributed by atoms with van der Waals surface area (Å²) in [5, 5.41) is 4.96.